The summed E-state index contributed by atoms with van der Waals surface area (Å²) >= 11 is 3.36. The highest BCUT2D eigenvalue weighted by molar-refractivity contribution is 9.10. The summed E-state index contributed by atoms with van der Waals surface area (Å²) in [6.45, 7) is 3.10. The molecule has 1 aromatic rings. The first-order chi connectivity index (χ1) is 9.04. The van der Waals surface area contributed by atoms with Gasteiger partial charge in [0.25, 0.3) is 0 Å². The van der Waals surface area contributed by atoms with E-state index in [1.165, 1.54) is 32.1 Å². The number of aromatic hydroxyl groups is 1. The number of hydrogen-bond donors (Lipinski definition) is 2. The van der Waals surface area contributed by atoms with Crippen LogP contribution in [-0.4, -0.2) is 17.8 Å². The third kappa shape index (κ3) is 3.63. The van der Waals surface area contributed by atoms with E-state index in [-0.39, 0.29) is 11.3 Å². The first kappa shape index (κ1) is 14.7. The molecule has 3 nitrogen and oxygen atoms in total. The second-order valence-electron chi connectivity index (χ2n) is 5.60. The molecule has 1 saturated carbocycles. The number of nitrogens with one attached hydrogen (secondary N) is 1. The van der Waals surface area contributed by atoms with Crippen molar-refractivity contribution in [1.82, 2.24) is 5.32 Å². The molecule has 106 valence electrons. The lowest BCUT2D eigenvalue weighted by atomic mass is 9.83. The molecule has 0 saturated heterocycles. The lowest BCUT2D eigenvalue weighted by molar-refractivity contribution is 0.252. The molecule has 0 aromatic heterocycles. The fourth-order valence-corrected chi connectivity index (χ4v) is 3.20. The van der Waals surface area contributed by atoms with E-state index in [1.54, 1.807) is 7.11 Å². The Morgan fingerprint density at radius 3 is 2.63 bits per heavy atom. The minimum absolute atomic E-state index is 0.162. The van der Waals surface area contributed by atoms with Gasteiger partial charge in [-0.2, -0.15) is 0 Å². The predicted molar refractivity (Wildman–Crippen MR) is 80.7 cm³/mol. The smallest absolute Gasteiger partial charge is 0.172 e. The fraction of sp³-hybridized carbons (Fsp3) is 0.600. The molecule has 1 aliphatic rings. The lowest BCUT2D eigenvalue weighted by Gasteiger charge is -2.35. The average molecular weight is 328 g/mol. The molecule has 0 bridgehead atoms. The second-order valence-corrected chi connectivity index (χ2v) is 6.46. The van der Waals surface area contributed by atoms with E-state index in [0.29, 0.717) is 10.2 Å². The van der Waals surface area contributed by atoms with Crippen LogP contribution in [0.25, 0.3) is 0 Å². The van der Waals surface area contributed by atoms with Crippen LogP contribution in [0.4, 0.5) is 0 Å². The summed E-state index contributed by atoms with van der Waals surface area (Å²) in [5.41, 5.74) is 1.36. The minimum atomic E-state index is 0.162. The zero-order chi connectivity index (χ0) is 13.9. The molecule has 0 unspecified atom stereocenters. The van der Waals surface area contributed by atoms with Gasteiger partial charge in [0.1, 0.15) is 0 Å². The highest BCUT2D eigenvalue weighted by Crippen LogP contribution is 2.35. The fourth-order valence-electron chi connectivity index (χ4n) is 2.71. The molecule has 0 spiro atoms. The summed E-state index contributed by atoms with van der Waals surface area (Å²) in [6, 6.07) is 3.83. The standard InChI is InChI=1S/C15H22BrNO2/c1-15(6-4-3-5-7-15)17-10-11-8-12(16)14(18)13(9-11)19-2/h8-9,17-18H,3-7,10H2,1-2H3. The van der Waals surface area contributed by atoms with Gasteiger partial charge < -0.3 is 15.2 Å². The third-order valence-corrected chi connectivity index (χ3v) is 4.59. The molecule has 2 N–H and O–H groups in total. The molecular weight excluding hydrogens is 306 g/mol. The Balaban J connectivity index is 2.05. The molecular formula is C15H22BrNO2. The van der Waals surface area contributed by atoms with Crippen LogP contribution in [0.15, 0.2) is 16.6 Å². The zero-order valence-corrected chi connectivity index (χ0v) is 13.2. The van der Waals surface area contributed by atoms with E-state index < -0.39 is 0 Å². The van der Waals surface area contributed by atoms with Crippen molar-refractivity contribution < 1.29 is 9.84 Å². The number of phenolic OH excluding ortho intramolecular Hbond substituents is 1. The summed E-state index contributed by atoms with van der Waals surface area (Å²) in [4.78, 5) is 0. The van der Waals surface area contributed by atoms with Crippen LogP contribution >= 0.6 is 15.9 Å². The summed E-state index contributed by atoms with van der Waals surface area (Å²) < 4.78 is 5.85. The Morgan fingerprint density at radius 1 is 1.32 bits per heavy atom. The Kier molecular flexibility index (Phi) is 4.74. The van der Waals surface area contributed by atoms with Crippen molar-refractivity contribution in [2.24, 2.45) is 0 Å². The summed E-state index contributed by atoms with van der Waals surface area (Å²) in [5.74, 6) is 0.676. The monoisotopic (exact) mass is 327 g/mol. The van der Waals surface area contributed by atoms with Crippen molar-refractivity contribution in [1.29, 1.82) is 0 Å². The number of phenols is 1. The normalized spacial score (nSPS) is 18.3. The van der Waals surface area contributed by atoms with Crippen molar-refractivity contribution in [3.63, 3.8) is 0 Å². The van der Waals surface area contributed by atoms with Gasteiger partial charge in [-0.3, -0.25) is 0 Å². The van der Waals surface area contributed by atoms with Gasteiger partial charge in [-0.25, -0.2) is 0 Å². The molecule has 0 radical (unpaired) electrons. The molecule has 0 atom stereocenters. The SMILES string of the molecule is COc1cc(CNC2(C)CCCCC2)cc(Br)c1O. The highest BCUT2D eigenvalue weighted by atomic mass is 79.9. The molecule has 4 heteroatoms. The molecule has 1 fully saturated rings. The quantitative estimate of drug-likeness (QED) is 0.878. The number of halogens is 1. The van der Waals surface area contributed by atoms with Crippen molar-refractivity contribution in [2.45, 2.75) is 51.1 Å². The predicted octanol–water partition coefficient (Wildman–Crippen LogP) is 3.98. The first-order valence-electron chi connectivity index (χ1n) is 6.84. The van der Waals surface area contributed by atoms with Gasteiger partial charge >= 0.3 is 0 Å². The van der Waals surface area contributed by atoms with E-state index >= 15 is 0 Å². The summed E-state index contributed by atoms with van der Waals surface area (Å²) in [6.07, 6.45) is 6.46. The maximum Gasteiger partial charge on any atom is 0.172 e. The van der Waals surface area contributed by atoms with Crippen LogP contribution in [-0.2, 0) is 6.54 Å². The number of ether oxygens (including phenoxy) is 1. The zero-order valence-electron chi connectivity index (χ0n) is 11.6. The van der Waals surface area contributed by atoms with Gasteiger partial charge in [-0.05, 0) is 53.4 Å². The lowest BCUT2D eigenvalue weighted by Crippen LogP contribution is -2.43. The van der Waals surface area contributed by atoms with Crippen LogP contribution in [0.5, 0.6) is 11.5 Å². The van der Waals surface area contributed by atoms with E-state index in [1.807, 2.05) is 12.1 Å². The first-order valence-corrected chi connectivity index (χ1v) is 7.64. The van der Waals surface area contributed by atoms with Crippen LogP contribution in [0, 0.1) is 0 Å². The number of rotatable bonds is 4. The topological polar surface area (TPSA) is 41.5 Å². The number of hydrogen-bond acceptors (Lipinski definition) is 3. The summed E-state index contributed by atoms with van der Waals surface area (Å²) in [5, 5.41) is 13.5. The van der Waals surface area contributed by atoms with Crippen molar-refractivity contribution in [3.8, 4) is 11.5 Å². The molecule has 2 rings (SSSR count). The summed E-state index contributed by atoms with van der Waals surface area (Å²) in [7, 11) is 1.57. The molecule has 1 aromatic carbocycles. The minimum Gasteiger partial charge on any atom is -0.503 e. The van der Waals surface area contributed by atoms with Gasteiger partial charge in [0, 0.05) is 12.1 Å². The van der Waals surface area contributed by atoms with Crippen molar-refractivity contribution in [3.05, 3.63) is 22.2 Å². The van der Waals surface area contributed by atoms with Crippen molar-refractivity contribution >= 4 is 15.9 Å². The van der Waals surface area contributed by atoms with Gasteiger partial charge in [-0.15, -0.1) is 0 Å². The van der Waals surface area contributed by atoms with Gasteiger partial charge in [0.2, 0.25) is 0 Å². The Hall–Kier alpha value is -0.740. The molecule has 0 heterocycles. The molecule has 1 aliphatic carbocycles. The second kappa shape index (κ2) is 6.14. The maximum atomic E-state index is 9.80. The van der Waals surface area contributed by atoms with E-state index in [0.717, 1.165) is 12.1 Å². The van der Waals surface area contributed by atoms with Crippen LogP contribution in [0.2, 0.25) is 0 Å². The Morgan fingerprint density at radius 2 is 2.00 bits per heavy atom. The molecule has 0 aliphatic heterocycles. The van der Waals surface area contributed by atoms with Gasteiger partial charge in [-0.1, -0.05) is 19.3 Å². The van der Waals surface area contributed by atoms with E-state index in [9.17, 15) is 5.11 Å². The number of benzene rings is 1. The van der Waals surface area contributed by atoms with E-state index in [4.69, 9.17) is 4.74 Å². The van der Waals surface area contributed by atoms with Crippen LogP contribution < -0.4 is 10.1 Å². The van der Waals surface area contributed by atoms with Crippen LogP contribution in [0.3, 0.4) is 0 Å². The van der Waals surface area contributed by atoms with E-state index in [2.05, 4.69) is 28.2 Å². The maximum absolute atomic E-state index is 9.80. The van der Waals surface area contributed by atoms with Gasteiger partial charge in [0.15, 0.2) is 11.5 Å². The Labute approximate surface area is 123 Å². The van der Waals surface area contributed by atoms with Crippen LogP contribution in [0.1, 0.15) is 44.6 Å². The molecule has 19 heavy (non-hydrogen) atoms. The average Bonchev–Trinajstić information content (AvgIpc) is 2.41. The molecule has 0 amide bonds. The third-order valence-electron chi connectivity index (χ3n) is 3.98. The number of methoxy groups -OCH3 is 1. The van der Waals surface area contributed by atoms with Gasteiger partial charge in [0.05, 0.1) is 11.6 Å². The Bertz CT molecular complexity index is 442. The highest BCUT2D eigenvalue weighted by Gasteiger charge is 2.25. The van der Waals surface area contributed by atoms with Crippen molar-refractivity contribution in [2.75, 3.05) is 7.11 Å². The largest absolute Gasteiger partial charge is 0.503 e.